The second kappa shape index (κ2) is 9.00. The highest BCUT2D eigenvalue weighted by Crippen LogP contribution is 2.39. The maximum atomic E-state index is 3.59. The van der Waals surface area contributed by atoms with Crippen LogP contribution >= 0.6 is 0 Å². The van der Waals surface area contributed by atoms with Crippen LogP contribution < -0.4 is 5.32 Å². The molecule has 1 fully saturated rings. The summed E-state index contributed by atoms with van der Waals surface area (Å²) in [6, 6.07) is 0. The van der Waals surface area contributed by atoms with Crippen LogP contribution in [0.15, 0.2) is 0 Å². The van der Waals surface area contributed by atoms with E-state index < -0.39 is 0 Å². The summed E-state index contributed by atoms with van der Waals surface area (Å²) < 4.78 is 0. The van der Waals surface area contributed by atoms with Gasteiger partial charge >= 0.3 is 0 Å². The van der Waals surface area contributed by atoms with E-state index in [2.05, 4.69) is 39.9 Å². The maximum Gasteiger partial charge on any atom is -0.00180 e. The third-order valence-corrected chi connectivity index (χ3v) is 5.14. The number of hydrogen-bond donors (Lipinski definition) is 1. The molecule has 0 amide bonds. The lowest BCUT2D eigenvalue weighted by Gasteiger charge is -2.38. The Kier molecular flexibility index (Phi) is 8.06. The highest BCUT2D eigenvalue weighted by atomic mass is 14.8. The molecule has 1 N–H and O–H groups in total. The molecule has 3 atom stereocenters. The zero-order valence-corrected chi connectivity index (χ0v) is 14.0. The Morgan fingerprint density at radius 2 is 1.79 bits per heavy atom. The van der Waals surface area contributed by atoms with Crippen molar-refractivity contribution in [3.63, 3.8) is 0 Å². The predicted molar refractivity (Wildman–Crippen MR) is 86.4 cm³/mol. The zero-order chi connectivity index (χ0) is 14.3. The molecule has 3 unspecified atom stereocenters. The van der Waals surface area contributed by atoms with Crippen molar-refractivity contribution in [2.75, 3.05) is 13.1 Å². The van der Waals surface area contributed by atoms with Gasteiger partial charge in [-0.2, -0.15) is 0 Å². The lowest BCUT2D eigenvalue weighted by atomic mass is 9.69. The summed E-state index contributed by atoms with van der Waals surface area (Å²) in [5.74, 6) is 4.67. The molecule has 1 saturated carbocycles. The fraction of sp³-hybridized carbons (Fsp3) is 1.00. The predicted octanol–water partition coefficient (Wildman–Crippen LogP) is 5.11. The van der Waals surface area contributed by atoms with Gasteiger partial charge < -0.3 is 5.32 Å². The Morgan fingerprint density at radius 1 is 1.05 bits per heavy atom. The van der Waals surface area contributed by atoms with Gasteiger partial charge in [-0.15, -0.1) is 0 Å². The molecule has 0 radical (unpaired) electrons. The van der Waals surface area contributed by atoms with Gasteiger partial charge in [-0.3, -0.25) is 0 Å². The molecule has 0 aromatic carbocycles. The Hall–Kier alpha value is -0.0400. The largest absolute Gasteiger partial charge is 0.317 e. The minimum absolute atomic E-state index is 0.872. The SMILES string of the molecule is CCNCC1CCC(C(C)C)CC1CCCC(C)C. The van der Waals surface area contributed by atoms with E-state index in [1.54, 1.807) is 0 Å². The van der Waals surface area contributed by atoms with Crippen molar-refractivity contribution in [1.29, 1.82) is 0 Å². The number of nitrogens with one attached hydrogen (secondary N) is 1. The molecule has 1 rings (SSSR count). The van der Waals surface area contributed by atoms with Crippen molar-refractivity contribution >= 4 is 0 Å². The smallest absolute Gasteiger partial charge is 0.00180 e. The topological polar surface area (TPSA) is 12.0 Å². The Labute approximate surface area is 121 Å². The van der Waals surface area contributed by atoms with E-state index >= 15 is 0 Å². The second-order valence-corrected chi connectivity index (χ2v) is 7.47. The van der Waals surface area contributed by atoms with E-state index in [4.69, 9.17) is 0 Å². The minimum Gasteiger partial charge on any atom is -0.317 e. The van der Waals surface area contributed by atoms with E-state index in [0.717, 1.165) is 36.1 Å². The summed E-state index contributed by atoms with van der Waals surface area (Å²) in [4.78, 5) is 0. The highest BCUT2D eigenvalue weighted by molar-refractivity contribution is 4.82. The monoisotopic (exact) mass is 267 g/mol. The molecule has 0 spiro atoms. The van der Waals surface area contributed by atoms with Crippen LogP contribution in [0.1, 0.15) is 73.1 Å². The van der Waals surface area contributed by atoms with Gasteiger partial charge in [0.15, 0.2) is 0 Å². The van der Waals surface area contributed by atoms with Gasteiger partial charge in [-0.1, -0.05) is 53.9 Å². The summed E-state index contributed by atoms with van der Waals surface area (Å²) in [5.41, 5.74) is 0. The molecular weight excluding hydrogens is 230 g/mol. The lowest BCUT2D eigenvalue weighted by molar-refractivity contribution is 0.135. The van der Waals surface area contributed by atoms with Crippen LogP contribution in [0, 0.1) is 29.6 Å². The van der Waals surface area contributed by atoms with Crippen LogP contribution in [0.3, 0.4) is 0 Å². The molecule has 0 heterocycles. The molecule has 0 saturated heterocycles. The fourth-order valence-corrected chi connectivity index (χ4v) is 3.71. The highest BCUT2D eigenvalue weighted by Gasteiger charge is 2.30. The Balaban J connectivity index is 2.45. The van der Waals surface area contributed by atoms with Gasteiger partial charge in [0.2, 0.25) is 0 Å². The summed E-state index contributed by atoms with van der Waals surface area (Å²) in [6.07, 6.45) is 8.74. The first-order chi connectivity index (χ1) is 9.04. The molecule has 0 bridgehead atoms. The Bertz CT molecular complexity index is 222. The molecule has 0 aromatic heterocycles. The van der Waals surface area contributed by atoms with Gasteiger partial charge in [0, 0.05) is 0 Å². The maximum absolute atomic E-state index is 3.59. The van der Waals surface area contributed by atoms with E-state index in [9.17, 15) is 0 Å². The van der Waals surface area contributed by atoms with E-state index in [0.29, 0.717) is 0 Å². The standard InChI is InChI=1S/C18H37N/c1-6-19-13-18-11-10-16(15(4)5)12-17(18)9-7-8-14(2)3/h14-19H,6-13H2,1-5H3. The third-order valence-electron chi connectivity index (χ3n) is 5.14. The summed E-state index contributed by atoms with van der Waals surface area (Å²) >= 11 is 0. The molecule has 19 heavy (non-hydrogen) atoms. The third kappa shape index (κ3) is 6.29. The van der Waals surface area contributed by atoms with E-state index in [1.807, 2.05) is 0 Å². The summed E-state index contributed by atoms with van der Waals surface area (Å²) in [7, 11) is 0. The van der Waals surface area contributed by atoms with Crippen molar-refractivity contribution in [3.05, 3.63) is 0 Å². The fourth-order valence-electron chi connectivity index (χ4n) is 3.71. The van der Waals surface area contributed by atoms with Gasteiger partial charge in [0.05, 0.1) is 0 Å². The average Bonchev–Trinajstić information content (AvgIpc) is 2.36. The summed E-state index contributed by atoms with van der Waals surface area (Å²) in [6.45, 7) is 14.2. The van der Waals surface area contributed by atoms with Gasteiger partial charge in [-0.05, 0) is 61.9 Å². The zero-order valence-electron chi connectivity index (χ0n) is 14.0. The first-order valence-electron chi connectivity index (χ1n) is 8.75. The van der Waals surface area contributed by atoms with Crippen LogP contribution in [0.4, 0.5) is 0 Å². The van der Waals surface area contributed by atoms with E-state index in [1.165, 1.54) is 45.1 Å². The second-order valence-electron chi connectivity index (χ2n) is 7.47. The van der Waals surface area contributed by atoms with Gasteiger partial charge in [0.25, 0.3) is 0 Å². The number of rotatable bonds is 8. The molecule has 1 heteroatoms. The number of hydrogen-bond acceptors (Lipinski definition) is 1. The molecule has 0 aliphatic heterocycles. The first-order valence-corrected chi connectivity index (χ1v) is 8.75. The molecule has 1 aliphatic rings. The molecule has 1 aliphatic carbocycles. The Morgan fingerprint density at radius 3 is 2.37 bits per heavy atom. The van der Waals surface area contributed by atoms with Gasteiger partial charge in [-0.25, -0.2) is 0 Å². The van der Waals surface area contributed by atoms with Crippen molar-refractivity contribution < 1.29 is 0 Å². The lowest BCUT2D eigenvalue weighted by Crippen LogP contribution is -2.34. The van der Waals surface area contributed by atoms with Crippen molar-refractivity contribution in [2.45, 2.75) is 73.1 Å². The normalized spacial score (nSPS) is 28.3. The van der Waals surface area contributed by atoms with Crippen molar-refractivity contribution in [2.24, 2.45) is 29.6 Å². The molecule has 1 nitrogen and oxygen atoms in total. The van der Waals surface area contributed by atoms with Crippen LogP contribution in [0.25, 0.3) is 0 Å². The first kappa shape index (κ1) is 17.0. The van der Waals surface area contributed by atoms with Crippen molar-refractivity contribution in [3.8, 4) is 0 Å². The molecule has 0 aromatic rings. The van der Waals surface area contributed by atoms with Crippen LogP contribution in [0.2, 0.25) is 0 Å². The van der Waals surface area contributed by atoms with Crippen LogP contribution in [-0.4, -0.2) is 13.1 Å². The van der Waals surface area contributed by atoms with E-state index in [-0.39, 0.29) is 0 Å². The molecular formula is C18H37N. The van der Waals surface area contributed by atoms with Crippen LogP contribution in [0.5, 0.6) is 0 Å². The molecule has 114 valence electrons. The van der Waals surface area contributed by atoms with Gasteiger partial charge in [0.1, 0.15) is 0 Å². The minimum atomic E-state index is 0.872. The van der Waals surface area contributed by atoms with Crippen molar-refractivity contribution in [1.82, 2.24) is 5.32 Å². The average molecular weight is 268 g/mol. The van der Waals surface area contributed by atoms with Crippen LogP contribution in [-0.2, 0) is 0 Å². The summed E-state index contributed by atoms with van der Waals surface area (Å²) in [5, 5.41) is 3.59. The quantitative estimate of drug-likeness (QED) is 0.644.